The molecule has 0 unspecified atom stereocenters. The second-order valence-corrected chi connectivity index (χ2v) is 4.99. The van der Waals surface area contributed by atoms with Crippen LogP contribution in [0.15, 0.2) is 29.8 Å². The van der Waals surface area contributed by atoms with Crippen LogP contribution in [0, 0.1) is 11.3 Å². The molecule has 1 heterocycles. The number of anilines is 1. The Labute approximate surface area is 127 Å². The Morgan fingerprint density at radius 2 is 2.10 bits per heavy atom. The van der Waals surface area contributed by atoms with Gasteiger partial charge in [0.1, 0.15) is 17.5 Å². The molecule has 0 aliphatic rings. The molecule has 106 valence electrons. The maximum atomic E-state index is 11.2. The van der Waals surface area contributed by atoms with Crippen molar-refractivity contribution in [2.75, 3.05) is 19.0 Å². The molecule has 21 heavy (non-hydrogen) atoms. The quantitative estimate of drug-likeness (QED) is 0.696. The van der Waals surface area contributed by atoms with E-state index in [9.17, 15) is 4.79 Å². The fourth-order valence-electron chi connectivity index (χ4n) is 1.95. The number of pyridine rings is 1. The molecular weight excluding hydrogens is 288 g/mol. The summed E-state index contributed by atoms with van der Waals surface area (Å²) < 4.78 is 0. The smallest absolute Gasteiger partial charge is 0.259 e. The number of aromatic nitrogens is 1. The van der Waals surface area contributed by atoms with Gasteiger partial charge in [0.05, 0.1) is 10.5 Å². The summed E-state index contributed by atoms with van der Waals surface area (Å²) in [6.07, 6.45) is 1.37. The third-order valence-corrected chi connectivity index (χ3v) is 3.35. The molecule has 0 atom stereocenters. The van der Waals surface area contributed by atoms with Crippen molar-refractivity contribution in [3.63, 3.8) is 0 Å². The highest BCUT2D eigenvalue weighted by Gasteiger charge is 2.15. The molecule has 1 aromatic carbocycles. The van der Waals surface area contributed by atoms with Crippen molar-refractivity contribution >= 4 is 40.3 Å². The summed E-state index contributed by atoms with van der Waals surface area (Å²) in [4.78, 5) is 17.5. The average Bonchev–Trinajstić information content (AvgIpc) is 2.45. The van der Waals surface area contributed by atoms with Crippen LogP contribution in [-0.2, 0) is 4.79 Å². The number of nitrogens with two attached hydrogens (primary N) is 1. The minimum atomic E-state index is -0.800. The van der Waals surface area contributed by atoms with Gasteiger partial charge in [0.15, 0.2) is 0 Å². The zero-order valence-electron chi connectivity index (χ0n) is 11.6. The van der Waals surface area contributed by atoms with Gasteiger partial charge >= 0.3 is 0 Å². The van der Waals surface area contributed by atoms with Gasteiger partial charge in [-0.3, -0.25) is 4.79 Å². The van der Waals surface area contributed by atoms with Gasteiger partial charge in [-0.2, -0.15) is 5.26 Å². The summed E-state index contributed by atoms with van der Waals surface area (Å²) in [7, 11) is 3.61. The van der Waals surface area contributed by atoms with Crippen LogP contribution in [0.2, 0.25) is 5.02 Å². The summed E-state index contributed by atoms with van der Waals surface area (Å²) in [5, 5.41) is 10.2. The van der Waals surface area contributed by atoms with Crippen molar-refractivity contribution in [1.82, 2.24) is 4.98 Å². The van der Waals surface area contributed by atoms with Crippen LogP contribution in [0.3, 0.4) is 0 Å². The van der Waals surface area contributed by atoms with E-state index in [1.807, 2.05) is 24.3 Å². The minimum Gasteiger partial charge on any atom is -0.365 e. The number of carbonyl (C=O) groups excluding carboxylic acids is 1. The molecule has 0 saturated carbocycles. The van der Waals surface area contributed by atoms with E-state index >= 15 is 0 Å². The van der Waals surface area contributed by atoms with Gasteiger partial charge < -0.3 is 10.6 Å². The van der Waals surface area contributed by atoms with Crippen molar-refractivity contribution < 1.29 is 4.79 Å². The predicted molar refractivity (Wildman–Crippen MR) is 83.9 cm³/mol. The summed E-state index contributed by atoms with van der Waals surface area (Å²) in [5.41, 5.74) is 6.24. The molecule has 1 amide bonds. The molecule has 0 bridgehead atoms. The van der Waals surface area contributed by atoms with Crippen molar-refractivity contribution in [3.8, 4) is 6.07 Å². The number of benzene rings is 1. The van der Waals surface area contributed by atoms with E-state index in [4.69, 9.17) is 22.6 Å². The van der Waals surface area contributed by atoms with Crippen LogP contribution >= 0.6 is 11.6 Å². The summed E-state index contributed by atoms with van der Waals surface area (Å²) >= 11 is 6.42. The maximum absolute atomic E-state index is 11.2. The van der Waals surface area contributed by atoms with Crippen LogP contribution in [0.25, 0.3) is 17.0 Å². The van der Waals surface area contributed by atoms with Crippen LogP contribution in [0.5, 0.6) is 0 Å². The Morgan fingerprint density at radius 1 is 1.43 bits per heavy atom. The standard InChI is InChI=1S/C15H13ClN4O/c1-20(2)15-11(7-9(8-17)14(18)21)13(16)10-5-3-4-6-12(10)19-15/h3-7H,1-2H3,(H2,18,21)/b9-7+. The summed E-state index contributed by atoms with van der Waals surface area (Å²) in [6.45, 7) is 0. The van der Waals surface area contributed by atoms with Gasteiger partial charge in [-0.25, -0.2) is 4.98 Å². The molecule has 0 saturated heterocycles. The Hall–Kier alpha value is -2.58. The largest absolute Gasteiger partial charge is 0.365 e. The Kier molecular flexibility index (Phi) is 4.10. The van der Waals surface area contributed by atoms with Crippen LogP contribution in [0.1, 0.15) is 5.56 Å². The molecule has 0 spiro atoms. The molecule has 0 aliphatic carbocycles. The van der Waals surface area contributed by atoms with E-state index < -0.39 is 5.91 Å². The van der Waals surface area contributed by atoms with Crippen LogP contribution in [0.4, 0.5) is 5.82 Å². The van der Waals surface area contributed by atoms with Gasteiger partial charge in [-0.05, 0) is 12.1 Å². The molecule has 2 aromatic rings. The first-order valence-corrected chi connectivity index (χ1v) is 6.50. The number of nitriles is 1. The molecule has 5 nitrogen and oxygen atoms in total. The van der Waals surface area contributed by atoms with Gasteiger partial charge in [-0.15, -0.1) is 0 Å². The van der Waals surface area contributed by atoms with Crippen LogP contribution in [-0.4, -0.2) is 25.0 Å². The summed E-state index contributed by atoms with van der Waals surface area (Å²) in [5.74, 6) is -0.237. The Balaban J connectivity index is 2.83. The van der Waals surface area contributed by atoms with Crippen molar-refractivity contribution in [2.45, 2.75) is 0 Å². The molecule has 2 rings (SSSR count). The highest BCUT2D eigenvalue weighted by atomic mass is 35.5. The van der Waals surface area contributed by atoms with Crippen molar-refractivity contribution in [3.05, 3.63) is 40.4 Å². The number of fused-ring (bicyclic) bond motifs is 1. The third kappa shape index (κ3) is 2.81. The molecule has 1 aromatic heterocycles. The van der Waals surface area contributed by atoms with E-state index in [0.29, 0.717) is 16.4 Å². The number of amides is 1. The van der Waals surface area contributed by atoms with E-state index in [2.05, 4.69) is 4.98 Å². The van der Waals surface area contributed by atoms with Crippen LogP contribution < -0.4 is 10.6 Å². The number of rotatable bonds is 3. The van der Waals surface area contributed by atoms with E-state index in [0.717, 1.165) is 10.9 Å². The molecule has 2 N–H and O–H groups in total. The molecular formula is C15H13ClN4O. The van der Waals surface area contributed by atoms with Gasteiger partial charge in [-0.1, -0.05) is 29.8 Å². The lowest BCUT2D eigenvalue weighted by Crippen LogP contribution is -2.15. The van der Waals surface area contributed by atoms with Gasteiger partial charge in [0.25, 0.3) is 5.91 Å². The second kappa shape index (κ2) is 5.81. The highest BCUT2D eigenvalue weighted by Crippen LogP contribution is 2.33. The minimum absolute atomic E-state index is 0.169. The molecule has 6 heteroatoms. The number of hydrogen-bond acceptors (Lipinski definition) is 4. The maximum Gasteiger partial charge on any atom is 0.259 e. The lowest BCUT2D eigenvalue weighted by molar-refractivity contribution is -0.114. The zero-order chi connectivity index (χ0) is 15.6. The fourth-order valence-corrected chi connectivity index (χ4v) is 2.24. The van der Waals surface area contributed by atoms with E-state index in [1.54, 1.807) is 25.1 Å². The highest BCUT2D eigenvalue weighted by molar-refractivity contribution is 6.37. The topological polar surface area (TPSA) is 83.0 Å². The van der Waals surface area contributed by atoms with E-state index in [1.165, 1.54) is 6.08 Å². The predicted octanol–water partition coefficient (Wildman–Crippen LogP) is 2.35. The van der Waals surface area contributed by atoms with Crippen molar-refractivity contribution in [1.29, 1.82) is 5.26 Å². The number of para-hydroxylation sites is 1. The Bertz CT molecular complexity index is 790. The molecule has 0 radical (unpaired) electrons. The SMILES string of the molecule is CN(C)c1nc2ccccc2c(Cl)c1/C=C(\C#N)C(N)=O. The lowest BCUT2D eigenvalue weighted by atomic mass is 10.1. The first kappa shape index (κ1) is 14.8. The summed E-state index contributed by atoms with van der Waals surface area (Å²) in [6, 6.07) is 9.16. The zero-order valence-corrected chi connectivity index (χ0v) is 12.3. The molecule has 0 fully saturated rings. The molecule has 0 aliphatic heterocycles. The van der Waals surface area contributed by atoms with Gasteiger partial charge in [0.2, 0.25) is 0 Å². The normalized spacial score (nSPS) is 11.2. The second-order valence-electron chi connectivity index (χ2n) is 4.61. The average molecular weight is 301 g/mol. The van der Waals surface area contributed by atoms with Crippen molar-refractivity contribution in [2.24, 2.45) is 5.73 Å². The number of carbonyl (C=O) groups is 1. The number of halogens is 1. The van der Waals surface area contributed by atoms with E-state index in [-0.39, 0.29) is 5.57 Å². The number of primary amides is 1. The lowest BCUT2D eigenvalue weighted by Gasteiger charge is -2.17. The Morgan fingerprint density at radius 3 is 2.67 bits per heavy atom. The fraction of sp³-hybridized carbons (Fsp3) is 0.133. The first-order chi connectivity index (χ1) is 9.95. The first-order valence-electron chi connectivity index (χ1n) is 6.13. The number of nitrogens with zero attached hydrogens (tertiary/aromatic N) is 3. The monoisotopic (exact) mass is 300 g/mol. The van der Waals surface area contributed by atoms with Gasteiger partial charge in [0, 0.05) is 25.0 Å². The third-order valence-electron chi connectivity index (χ3n) is 2.94. The number of hydrogen-bond donors (Lipinski definition) is 1.